The molecule has 2 saturated heterocycles. The third-order valence-electron chi connectivity index (χ3n) is 3.03. The van der Waals surface area contributed by atoms with Crippen LogP contribution in [0.3, 0.4) is 0 Å². The first kappa shape index (κ1) is 11.7. The van der Waals surface area contributed by atoms with Crippen molar-refractivity contribution >= 4 is 23.6 Å². The summed E-state index contributed by atoms with van der Waals surface area (Å²) in [5.74, 6) is 1.51. The van der Waals surface area contributed by atoms with Gasteiger partial charge < -0.3 is 14.9 Å². The maximum Gasteiger partial charge on any atom is 0.246 e. The number of β-amino-alcohol motifs (C(OH)–C–C–N with tert-alkyl or cyclic N) is 1. The van der Waals surface area contributed by atoms with E-state index in [2.05, 4.69) is 0 Å². The first-order chi connectivity index (χ1) is 7.59. The van der Waals surface area contributed by atoms with E-state index < -0.39 is 12.1 Å². The average Bonchev–Trinajstić information content (AvgIpc) is 2.84. The molecule has 16 heavy (non-hydrogen) atoms. The quantitative estimate of drug-likeness (QED) is 0.675. The van der Waals surface area contributed by atoms with Gasteiger partial charge in [-0.15, -0.1) is 11.8 Å². The Morgan fingerprint density at radius 1 is 1.44 bits per heavy atom. The normalized spacial score (nSPS) is 29.9. The molecule has 2 amide bonds. The van der Waals surface area contributed by atoms with Gasteiger partial charge in [-0.3, -0.25) is 9.59 Å². The molecule has 0 aromatic heterocycles. The molecule has 1 unspecified atom stereocenters. The minimum absolute atomic E-state index is 0.0169. The Hall–Kier alpha value is -0.750. The Balaban J connectivity index is 2.06. The molecule has 0 spiro atoms. The van der Waals surface area contributed by atoms with E-state index in [0.29, 0.717) is 12.3 Å². The molecule has 2 fully saturated rings. The van der Waals surface area contributed by atoms with Crippen LogP contribution in [0.25, 0.3) is 0 Å². The SMILES string of the molecule is CC(=O)N1CC(O)C[C@H]1C(=O)N1CCSC1. The summed E-state index contributed by atoms with van der Waals surface area (Å²) >= 11 is 1.72. The van der Waals surface area contributed by atoms with Crippen molar-refractivity contribution in [2.24, 2.45) is 0 Å². The molecular weight excluding hydrogens is 228 g/mol. The Bertz CT molecular complexity index is 304. The zero-order chi connectivity index (χ0) is 11.7. The van der Waals surface area contributed by atoms with Crippen LogP contribution in [0.5, 0.6) is 0 Å². The molecule has 6 heteroatoms. The first-order valence-corrected chi connectivity index (χ1v) is 6.57. The van der Waals surface area contributed by atoms with Crippen molar-refractivity contribution in [1.82, 2.24) is 9.80 Å². The molecule has 2 rings (SSSR count). The Labute approximate surface area is 98.8 Å². The number of carbonyl (C=O) groups is 2. The lowest BCUT2D eigenvalue weighted by molar-refractivity contribution is -0.141. The molecule has 5 nitrogen and oxygen atoms in total. The summed E-state index contributed by atoms with van der Waals surface area (Å²) < 4.78 is 0. The van der Waals surface area contributed by atoms with Gasteiger partial charge in [0.2, 0.25) is 11.8 Å². The molecule has 2 aliphatic rings. The number of carbonyl (C=O) groups excluding carboxylic acids is 2. The van der Waals surface area contributed by atoms with E-state index in [1.54, 1.807) is 16.7 Å². The minimum Gasteiger partial charge on any atom is -0.391 e. The van der Waals surface area contributed by atoms with E-state index in [4.69, 9.17) is 0 Å². The van der Waals surface area contributed by atoms with Gasteiger partial charge in [-0.2, -0.15) is 0 Å². The van der Waals surface area contributed by atoms with Crippen LogP contribution in [0, 0.1) is 0 Å². The summed E-state index contributed by atoms with van der Waals surface area (Å²) in [6.07, 6.45) is -0.187. The second-order valence-corrected chi connectivity index (χ2v) is 5.29. The van der Waals surface area contributed by atoms with Crippen molar-refractivity contribution in [3.8, 4) is 0 Å². The predicted molar refractivity (Wildman–Crippen MR) is 60.8 cm³/mol. The highest BCUT2D eigenvalue weighted by molar-refractivity contribution is 7.99. The van der Waals surface area contributed by atoms with Gasteiger partial charge in [0.1, 0.15) is 6.04 Å². The molecule has 0 aromatic rings. The van der Waals surface area contributed by atoms with Crippen LogP contribution >= 0.6 is 11.8 Å². The molecule has 0 aromatic carbocycles. The second-order valence-electron chi connectivity index (χ2n) is 4.22. The van der Waals surface area contributed by atoms with Gasteiger partial charge in [-0.05, 0) is 0 Å². The number of aliphatic hydroxyl groups is 1. The summed E-state index contributed by atoms with van der Waals surface area (Å²) in [6.45, 7) is 2.48. The van der Waals surface area contributed by atoms with Gasteiger partial charge in [0, 0.05) is 32.2 Å². The fourth-order valence-electron chi connectivity index (χ4n) is 2.19. The molecule has 2 aliphatic heterocycles. The number of amides is 2. The lowest BCUT2D eigenvalue weighted by Gasteiger charge is -2.26. The molecule has 90 valence electrons. The highest BCUT2D eigenvalue weighted by Crippen LogP contribution is 2.23. The number of hydrogen-bond donors (Lipinski definition) is 1. The Kier molecular flexibility index (Phi) is 3.39. The second kappa shape index (κ2) is 4.63. The smallest absolute Gasteiger partial charge is 0.246 e. The van der Waals surface area contributed by atoms with E-state index in [1.807, 2.05) is 0 Å². The summed E-state index contributed by atoms with van der Waals surface area (Å²) in [7, 11) is 0. The van der Waals surface area contributed by atoms with E-state index in [0.717, 1.165) is 12.3 Å². The van der Waals surface area contributed by atoms with Gasteiger partial charge in [0.25, 0.3) is 0 Å². The lowest BCUT2D eigenvalue weighted by atomic mass is 10.1. The molecule has 0 bridgehead atoms. The monoisotopic (exact) mass is 244 g/mol. The fraction of sp³-hybridized carbons (Fsp3) is 0.800. The molecule has 2 atom stereocenters. The number of hydrogen-bond acceptors (Lipinski definition) is 4. The number of thioether (sulfide) groups is 1. The van der Waals surface area contributed by atoms with Gasteiger partial charge in [-0.25, -0.2) is 0 Å². The predicted octanol–water partition coefficient (Wildman–Crippen LogP) is -0.499. The van der Waals surface area contributed by atoms with Crippen molar-refractivity contribution in [1.29, 1.82) is 0 Å². The molecule has 0 aliphatic carbocycles. The Morgan fingerprint density at radius 3 is 2.75 bits per heavy atom. The van der Waals surface area contributed by atoms with E-state index >= 15 is 0 Å². The summed E-state index contributed by atoms with van der Waals surface area (Å²) in [6, 6.07) is -0.453. The van der Waals surface area contributed by atoms with Gasteiger partial charge in [-0.1, -0.05) is 0 Å². The average molecular weight is 244 g/mol. The molecule has 0 radical (unpaired) electrons. The number of rotatable bonds is 1. The minimum atomic E-state index is -0.562. The zero-order valence-electron chi connectivity index (χ0n) is 9.26. The van der Waals surface area contributed by atoms with Crippen LogP contribution < -0.4 is 0 Å². The van der Waals surface area contributed by atoms with Crippen molar-refractivity contribution in [2.75, 3.05) is 24.7 Å². The number of likely N-dealkylation sites (tertiary alicyclic amines) is 1. The maximum absolute atomic E-state index is 12.1. The topological polar surface area (TPSA) is 60.9 Å². The summed E-state index contributed by atoms with van der Waals surface area (Å²) in [5, 5.41) is 9.54. The molecular formula is C10H16N2O3S. The van der Waals surface area contributed by atoms with Crippen LogP contribution in [0.1, 0.15) is 13.3 Å². The van der Waals surface area contributed by atoms with Crippen molar-refractivity contribution in [3.63, 3.8) is 0 Å². The van der Waals surface area contributed by atoms with E-state index in [-0.39, 0.29) is 18.4 Å². The van der Waals surface area contributed by atoms with Crippen molar-refractivity contribution in [2.45, 2.75) is 25.5 Å². The van der Waals surface area contributed by atoms with Crippen molar-refractivity contribution < 1.29 is 14.7 Å². The molecule has 1 N–H and O–H groups in total. The standard InChI is InChI=1S/C10H16N2O3S/c1-7(13)12-5-8(14)4-9(12)10(15)11-2-3-16-6-11/h8-9,14H,2-6H2,1H3/t8?,9-/m0/s1. The van der Waals surface area contributed by atoms with Crippen molar-refractivity contribution in [3.05, 3.63) is 0 Å². The van der Waals surface area contributed by atoms with Gasteiger partial charge in [0.15, 0.2) is 0 Å². The van der Waals surface area contributed by atoms with Gasteiger partial charge >= 0.3 is 0 Å². The van der Waals surface area contributed by atoms with Crippen LogP contribution in [-0.2, 0) is 9.59 Å². The van der Waals surface area contributed by atoms with Gasteiger partial charge in [0.05, 0.1) is 12.0 Å². The highest BCUT2D eigenvalue weighted by atomic mass is 32.2. The third kappa shape index (κ3) is 2.17. The van der Waals surface area contributed by atoms with Crippen LogP contribution in [0.2, 0.25) is 0 Å². The van der Waals surface area contributed by atoms with E-state index in [1.165, 1.54) is 11.8 Å². The fourth-order valence-corrected chi connectivity index (χ4v) is 3.15. The zero-order valence-corrected chi connectivity index (χ0v) is 10.1. The number of aliphatic hydroxyl groups excluding tert-OH is 1. The van der Waals surface area contributed by atoms with Crippen LogP contribution in [0.4, 0.5) is 0 Å². The Morgan fingerprint density at radius 2 is 2.19 bits per heavy atom. The van der Waals surface area contributed by atoms with E-state index in [9.17, 15) is 14.7 Å². The third-order valence-corrected chi connectivity index (χ3v) is 4.00. The highest BCUT2D eigenvalue weighted by Gasteiger charge is 2.39. The largest absolute Gasteiger partial charge is 0.391 e. The maximum atomic E-state index is 12.1. The first-order valence-electron chi connectivity index (χ1n) is 5.41. The van der Waals surface area contributed by atoms with Crippen LogP contribution in [0.15, 0.2) is 0 Å². The summed E-state index contributed by atoms with van der Waals surface area (Å²) in [4.78, 5) is 26.7. The number of nitrogens with zero attached hydrogens (tertiary/aromatic N) is 2. The lowest BCUT2D eigenvalue weighted by Crippen LogP contribution is -2.46. The summed E-state index contributed by atoms with van der Waals surface area (Å²) in [5.41, 5.74) is 0. The molecule has 0 saturated carbocycles. The van der Waals surface area contributed by atoms with Crippen LogP contribution in [-0.4, -0.2) is 63.6 Å². The molecule has 2 heterocycles.